The van der Waals surface area contributed by atoms with Crippen LogP contribution >= 0.6 is 0 Å². The van der Waals surface area contributed by atoms with E-state index in [1.165, 1.54) is 19.3 Å². The summed E-state index contributed by atoms with van der Waals surface area (Å²) in [4.78, 5) is 29.5. The second-order valence-corrected chi connectivity index (χ2v) is 9.14. The number of likely N-dealkylation sites (tertiary alicyclic amines) is 1. The van der Waals surface area contributed by atoms with E-state index in [4.69, 9.17) is 4.74 Å². The minimum absolute atomic E-state index is 0.0721. The van der Waals surface area contributed by atoms with Crippen LogP contribution in [0.4, 0.5) is 4.79 Å². The van der Waals surface area contributed by atoms with Crippen molar-refractivity contribution in [2.75, 3.05) is 13.1 Å². The number of rotatable bonds is 1. The fraction of sp³-hybridized carbons (Fsp3) is 0.619. The van der Waals surface area contributed by atoms with E-state index in [-0.39, 0.29) is 5.91 Å². The molecule has 1 spiro atoms. The van der Waals surface area contributed by atoms with Gasteiger partial charge in [-0.2, -0.15) is 0 Å². The molecule has 5 nitrogen and oxygen atoms in total. The first-order valence-electron chi connectivity index (χ1n) is 9.62. The van der Waals surface area contributed by atoms with Gasteiger partial charge in [-0.05, 0) is 44.7 Å². The summed E-state index contributed by atoms with van der Waals surface area (Å²) >= 11 is 0. The first-order chi connectivity index (χ1) is 12.3. The fourth-order valence-electron chi connectivity index (χ4n) is 4.38. The fourth-order valence-corrected chi connectivity index (χ4v) is 4.38. The molecule has 0 unspecified atom stereocenters. The molecule has 0 radical (unpaired) electrons. The third kappa shape index (κ3) is 3.08. The lowest BCUT2D eigenvalue weighted by molar-refractivity contribution is -0.155. The molecule has 0 bridgehead atoms. The standard InChI is InChI=1S/C21H28N2O3/c1-20(2,3)26-19(25)23-12-16-8-5-4-7-15(16)11-17(23)18(24)22-13-21(14-22)9-6-10-21/h4-5,7-8,17H,6,9-14H2,1-3H3/t17-/m0/s1. The summed E-state index contributed by atoms with van der Waals surface area (Å²) in [5, 5.41) is 0. The molecule has 2 fully saturated rings. The van der Waals surface area contributed by atoms with E-state index >= 15 is 0 Å². The molecule has 1 aromatic carbocycles. The van der Waals surface area contributed by atoms with Gasteiger partial charge in [-0.3, -0.25) is 9.69 Å². The molecule has 0 N–H and O–H groups in total. The summed E-state index contributed by atoms with van der Waals surface area (Å²) in [7, 11) is 0. The molecule has 140 valence electrons. The van der Waals surface area contributed by atoms with E-state index in [2.05, 4.69) is 6.07 Å². The highest BCUT2D eigenvalue weighted by molar-refractivity contribution is 5.87. The molecule has 1 aliphatic carbocycles. The smallest absolute Gasteiger partial charge is 0.411 e. The summed E-state index contributed by atoms with van der Waals surface area (Å²) in [6.45, 7) is 7.71. The van der Waals surface area contributed by atoms with Crippen LogP contribution in [-0.4, -0.2) is 46.5 Å². The number of ether oxygens (including phenoxy) is 1. The molecule has 2 amide bonds. The van der Waals surface area contributed by atoms with Crippen molar-refractivity contribution in [3.63, 3.8) is 0 Å². The van der Waals surface area contributed by atoms with Crippen molar-refractivity contribution in [3.8, 4) is 0 Å². The van der Waals surface area contributed by atoms with Gasteiger partial charge in [0.25, 0.3) is 0 Å². The maximum Gasteiger partial charge on any atom is 0.411 e. The number of carbonyl (C=O) groups excluding carboxylic acids is 2. The van der Waals surface area contributed by atoms with Crippen LogP contribution in [0.2, 0.25) is 0 Å². The Kier molecular flexibility index (Phi) is 4.01. The van der Waals surface area contributed by atoms with Crippen LogP contribution in [0, 0.1) is 5.41 Å². The van der Waals surface area contributed by atoms with E-state index in [1.807, 2.05) is 43.9 Å². The molecule has 2 heterocycles. The van der Waals surface area contributed by atoms with E-state index in [9.17, 15) is 9.59 Å². The predicted molar refractivity (Wildman–Crippen MR) is 98.6 cm³/mol. The zero-order chi connectivity index (χ0) is 18.5. The SMILES string of the molecule is CC(C)(C)OC(=O)N1Cc2ccccc2C[C@H]1C(=O)N1CC2(CCC2)C1. The van der Waals surface area contributed by atoms with Gasteiger partial charge < -0.3 is 9.64 Å². The van der Waals surface area contributed by atoms with Gasteiger partial charge >= 0.3 is 6.09 Å². The number of nitrogens with zero attached hydrogens (tertiary/aromatic N) is 2. The Labute approximate surface area is 155 Å². The lowest BCUT2D eigenvalue weighted by Gasteiger charge is -2.57. The average Bonchev–Trinajstić information content (AvgIpc) is 2.49. The predicted octanol–water partition coefficient (Wildman–Crippen LogP) is 3.36. The van der Waals surface area contributed by atoms with E-state index in [0.29, 0.717) is 18.4 Å². The Morgan fingerprint density at radius 3 is 2.35 bits per heavy atom. The van der Waals surface area contributed by atoms with Gasteiger partial charge in [0.1, 0.15) is 11.6 Å². The summed E-state index contributed by atoms with van der Waals surface area (Å²) in [5.41, 5.74) is 2.07. The average molecular weight is 356 g/mol. The second-order valence-electron chi connectivity index (χ2n) is 9.14. The Bertz CT molecular complexity index is 725. The highest BCUT2D eigenvalue weighted by Gasteiger charge is 2.51. The second kappa shape index (κ2) is 6.00. The Morgan fingerprint density at radius 1 is 1.12 bits per heavy atom. The molecule has 26 heavy (non-hydrogen) atoms. The zero-order valence-corrected chi connectivity index (χ0v) is 16.0. The van der Waals surface area contributed by atoms with Crippen LogP contribution in [-0.2, 0) is 22.5 Å². The number of fused-ring (bicyclic) bond motifs is 1. The number of benzene rings is 1. The van der Waals surface area contributed by atoms with E-state index in [1.54, 1.807) is 4.90 Å². The summed E-state index contributed by atoms with van der Waals surface area (Å²) in [5.74, 6) is 0.0721. The van der Waals surface area contributed by atoms with Gasteiger partial charge in [-0.25, -0.2) is 4.79 Å². The molecule has 2 aliphatic heterocycles. The van der Waals surface area contributed by atoms with Crippen LogP contribution in [0.25, 0.3) is 0 Å². The van der Waals surface area contributed by atoms with Gasteiger partial charge in [0, 0.05) is 24.9 Å². The van der Waals surface area contributed by atoms with Crippen molar-refractivity contribution in [1.29, 1.82) is 0 Å². The lowest BCUT2D eigenvalue weighted by atomic mass is 9.63. The van der Waals surface area contributed by atoms with Gasteiger partial charge in [0.05, 0.1) is 6.54 Å². The molecule has 1 aromatic rings. The zero-order valence-electron chi connectivity index (χ0n) is 16.0. The van der Waals surface area contributed by atoms with Crippen molar-refractivity contribution in [3.05, 3.63) is 35.4 Å². The Balaban J connectivity index is 1.55. The third-order valence-electron chi connectivity index (χ3n) is 5.94. The first kappa shape index (κ1) is 17.4. The normalized spacial score (nSPS) is 23.7. The van der Waals surface area contributed by atoms with Crippen LogP contribution in [0.1, 0.15) is 51.2 Å². The maximum absolute atomic E-state index is 13.2. The quantitative estimate of drug-likeness (QED) is 0.775. The van der Waals surface area contributed by atoms with Crippen LogP contribution in [0.3, 0.4) is 0 Å². The molecule has 1 atom stereocenters. The third-order valence-corrected chi connectivity index (χ3v) is 5.94. The minimum Gasteiger partial charge on any atom is -0.444 e. The first-order valence-corrected chi connectivity index (χ1v) is 9.62. The molecular formula is C21H28N2O3. The largest absolute Gasteiger partial charge is 0.444 e. The van der Waals surface area contributed by atoms with Gasteiger partial charge in [-0.1, -0.05) is 30.7 Å². The van der Waals surface area contributed by atoms with Crippen molar-refractivity contribution in [1.82, 2.24) is 9.80 Å². The van der Waals surface area contributed by atoms with Crippen LogP contribution in [0.15, 0.2) is 24.3 Å². The summed E-state index contributed by atoms with van der Waals surface area (Å²) in [6.07, 6.45) is 3.92. The van der Waals surface area contributed by atoms with E-state index < -0.39 is 17.7 Å². The van der Waals surface area contributed by atoms with Crippen molar-refractivity contribution >= 4 is 12.0 Å². The number of hydrogen-bond acceptors (Lipinski definition) is 3. The number of hydrogen-bond donors (Lipinski definition) is 0. The van der Waals surface area contributed by atoms with Crippen molar-refractivity contribution in [2.45, 2.75) is 64.6 Å². The van der Waals surface area contributed by atoms with Crippen molar-refractivity contribution < 1.29 is 14.3 Å². The maximum atomic E-state index is 13.2. The van der Waals surface area contributed by atoms with Gasteiger partial charge in [-0.15, -0.1) is 0 Å². The molecule has 1 saturated heterocycles. The summed E-state index contributed by atoms with van der Waals surface area (Å²) < 4.78 is 5.59. The van der Waals surface area contributed by atoms with Crippen LogP contribution in [0.5, 0.6) is 0 Å². The monoisotopic (exact) mass is 356 g/mol. The number of carbonyl (C=O) groups is 2. The Morgan fingerprint density at radius 2 is 1.77 bits per heavy atom. The lowest BCUT2D eigenvalue weighted by Crippen LogP contribution is -2.65. The van der Waals surface area contributed by atoms with Gasteiger partial charge in [0.15, 0.2) is 0 Å². The molecule has 4 rings (SSSR count). The molecule has 1 saturated carbocycles. The number of amides is 2. The Hall–Kier alpha value is -2.04. The highest BCUT2D eigenvalue weighted by Crippen LogP contribution is 2.48. The van der Waals surface area contributed by atoms with E-state index in [0.717, 1.165) is 24.2 Å². The van der Waals surface area contributed by atoms with Crippen LogP contribution < -0.4 is 0 Å². The molecule has 3 aliphatic rings. The minimum atomic E-state index is -0.575. The van der Waals surface area contributed by atoms with Gasteiger partial charge in [0.2, 0.25) is 5.91 Å². The summed E-state index contributed by atoms with van der Waals surface area (Å²) in [6, 6.07) is 7.60. The molecule has 0 aromatic heterocycles. The highest BCUT2D eigenvalue weighted by atomic mass is 16.6. The molecular weight excluding hydrogens is 328 g/mol. The molecule has 5 heteroatoms. The topological polar surface area (TPSA) is 49.9 Å². The van der Waals surface area contributed by atoms with Crippen molar-refractivity contribution in [2.24, 2.45) is 5.41 Å².